The largest absolute Gasteiger partial charge is 0.573 e. The minimum atomic E-state index is -4.87. The summed E-state index contributed by atoms with van der Waals surface area (Å²) in [5, 5.41) is 4.09. The van der Waals surface area contributed by atoms with Crippen molar-refractivity contribution in [3.05, 3.63) is 64.8 Å². The molecule has 0 aliphatic carbocycles. The second kappa shape index (κ2) is 7.18. The molecule has 0 fully saturated rings. The number of benzene rings is 1. The number of rotatable bonds is 4. The van der Waals surface area contributed by atoms with E-state index >= 15 is 0 Å². The monoisotopic (exact) mass is 366 g/mol. The molecule has 4 nitrogen and oxygen atoms in total. The summed E-state index contributed by atoms with van der Waals surface area (Å²) >= 11 is 1.73. The third kappa shape index (κ3) is 4.54. The number of para-hydroxylation sites is 1. The lowest BCUT2D eigenvalue weighted by Crippen LogP contribution is -2.21. The van der Waals surface area contributed by atoms with Crippen molar-refractivity contribution >= 4 is 23.7 Å². The number of carbonyl (C=O) groups excluding carboxylic acids is 1. The number of alkyl halides is 3. The first kappa shape index (κ1) is 17.3. The van der Waals surface area contributed by atoms with Gasteiger partial charge in [-0.1, -0.05) is 18.2 Å². The van der Waals surface area contributed by atoms with E-state index in [1.165, 1.54) is 24.4 Å². The number of ether oxygens (including phenoxy) is 1. The number of aromatic nitrogens is 2. The number of hydrogen-bond acceptors (Lipinski definition) is 4. The van der Waals surface area contributed by atoms with E-state index in [9.17, 15) is 18.0 Å². The Bertz CT molecular complexity index is 840. The Labute approximate surface area is 146 Å². The Morgan fingerprint density at radius 3 is 2.76 bits per heavy atom. The van der Waals surface area contributed by atoms with Gasteiger partial charge in [-0.15, -0.1) is 24.9 Å². The molecule has 0 amide bonds. The Balaban J connectivity index is 1.80. The van der Waals surface area contributed by atoms with Crippen LogP contribution in [0.25, 0.3) is 6.08 Å². The number of thioether (sulfide) groups is 1. The van der Waals surface area contributed by atoms with Gasteiger partial charge < -0.3 is 4.74 Å². The van der Waals surface area contributed by atoms with Crippen LogP contribution in [0.3, 0.4) is 0 Å². The van der Waals surface area contributed by atoms with Crippen LogP contribution in [0.4, 0.5) is 13.2 Å². The molecule has 2 aromatic rings. The second-order valence-corrected chi connectivity index (χ2v) is 6.28. The highest BCUT2D eigenvalue weighted by atomic mass is 32.2. The van der Waals surface area contributed by atoms with Crippen LogP contribution in [0.2, 0.25) is 0 Å². The Morgan fingerprint density at radius 2 is 2.04 bits per heavy atom. The molecular weight excluding hydrogens is 353 g/mol. The third-order valence-corrected chi connectivity index (χ3v) is 4.39. The van der Waals surface area contributed by atoms with Gasteiger partial charge in [0.1, 0.15) is 5.75 Å². The first-order chi connectivity index (χ1) is 11.9. The number of halogens is 3. The van der Waals surface area contributed by atoms with E-state index in [-0.39, 0.29) is 5.56 Å². The highest BCUT2D eigenvalue weighted by Gasteiger charge is 2.33. The van der Waals surface area contributed by atoms with E-state index in [1.807, 2.05) is 6.08 Å². The van der Waals surface area contributed by atoms with Crippen molar-refractivity contribution in [2.24, 2.45) is 0 Å². The van der Waals surface area contributed by atoms with E-state index in [0.29, 0.717) is 5.69 Å². The van der Waals surface area contributed by atoms with Crippen LogP contribution in [-0.2, 0) is 0 Å². The maximum Gasteiger partial charge on any atom is 0.573 e. The molecule has 0 saturated heterocycles. The molecule has 0 spiro atoms. The van der Waals surface area contributed by atoms with Crippen molar-refractivity contribution in [2.75, 3.05) is 5.75 Å². The Morgan fingerprint density at radius 1 is 1.24 bits per heavy atom. The molecule has 1 aromatic heterocycles. The van der Waals surface area contributed by atoms with Gasteiger partial charge in [-0.05, 0) is 36.8 Å². The van der Waals surface area contributed by atoms with Crippen molar-refractivity contribution < 1.29 is 22.7 Å². The quantitative estimate of drug-likeness (QED) is 0.799. The van der Waals surface area contributed by atoms with Crippen molar-refractivity contribution in [3.8, 4) is 5.75 Å². The number of hydrogen-bond donors (Lipinski definition) is 0. The van der Waals surface area contributed by atoms with Crippen molar-refractivity contribution in [3.63, 3.8) is 0 Å². The van der Waals surface area contributed by atoms with Crippen LogP contribution < -0.4 is 4.74 Å². The first-order valence-corrected chi connectivity index (χ1v) is 8.37. The van der Waals surface area contributed by atoms with Gasteiger partial charge in [-0.25, -0.2) is 4.68 Å². The average Bonchev–Trinajstić information content (AvgIpc) is 3.23. The fraction of sp³-hybridized carbons (Fsp3) is 0.176. The predicted octanol–water partition coefficient (Wildman–Crippen LogP) is 4.50. The van der Waals surface area contributed by atoms with Crippen LogP contribution in [-0.4, -0.2) is 27.8 Å². The zero-order chi connectivity index (χ0) is 17.9. The molecule has 3 rings (SSSR count). The van der Waals surface area contributed by atoms with Crippen LogP contribution in [0.1, 0.15) is 22.5 Å². The molecule has 25 heavy (non-hydrogen) atoms. The zero-order valence-corrected chi connectivity index (χ0v) is 13.7. The predicted molar refractivity (Wildman–Crippen MR) is 89.3 cm³/mol. The molecular formula is C17H13F3N2O2S. The van der Waals surface area contributed by atoms with Gasteiger partial charge in [0.05, 0.1) is 11.3 Å². The van der Waals surface area contributed by atoms with E-state index in [2.05, 4.69) is 15.9 Å². The number of allylic oxidation sites excluding steroid dienone is 2. The van der Waals surface area contributed by atoms with Crippen molar-refractivity contribution in [1.82, 2.24) is 9.78 Å². The summed E-state index contributed by atoms with van der Waals surface area (Å²) in [6.07, 6.45) is 3.31. The molecule has 0 unspecified atom stereocenters. The summed E-state index contributed by atoms with van der Waals surface area (Å²) in [4.78, 5) is 13.6. The van der Waals surface area contributed by atoms with Gasteiger partial charge in [-0.3, -0.25) is 4.79 Å². The first-order valence-electron chi connectivity index (χ1n) is 7.38. The molecule has 1 aliphatic rings. The number of carbonyl (C=O) groups is 1. The normalized spacial score (nSPS) is 14.8. The lowest BCUT2D eigenvalue weighted by molar-refractivity contribution is -0.274. The fourth-order valence-corrected chi connectivity index (χ4v) is 3.11. The zero-order valence-electron chi connectivity index (χ0n) is 12.9. The molecule has 130 valence electrons. The maximum atomic E-state index is 12.5. The summed E-state index contributed by atoms with van der Waals surface area (Å²) in [7, 11) is 0. The summed E-state index contributed by atoms with van der Waals surface area (Å²) in [6, 6.07) is 6.80. The van der Waals surface area contributed by atoms with Crippen LogP contribution in [0.5, 0.6) is 5.75 Å². The minimum absolute atomic E-state index is 0.215. The molecule has 8 heteroatoms. The summed E-state index contributed by atoms with van der Waals surface area (Å²) in [6.45, 7) is 0. The van der Waals surface area contributed by atoms with E-state index < -0.39 is 18.0 Å². The molecule has 0 atom stereocenters. The molecule has 0 N–H and O–H groups in total. The molecule has 1 aliphatic heterocycles. The van der Waals surface area contributed by atoms with Gasteiger partial charge in [-0.2, -0.15) is 5.10 Å². The van der Waals surface area contributed by atoms with Gasteiger partial charge in [0.15, 0.2) is 0 Å². The van der Waals surface area contributed by atoms with Crippen molar-refractivity contribution in [2.45, 2.75) is 12.8 Å². The van der Waals surface area contributed by atoms with Crippen LogP contribution in [0, 0.1) is 0 Å². The van der Waals surface area contributed by atoms with Crippen LogP contribution >= 0.6 is 11.8 Å². The Kier molecular flexibility index (Phi) is 4.98. The number of nitrogens with zero attached hydrogens (tertiary/aromatic N) is 2. The molecule has 0 bridgehead atoms. The Hall–Kier alpha value is -2.48. The highest BCUT2D eigenvalue weighted by molar-refractivity contribution is 8.03. The second-order valence-electron chi connectivity index (χ2n) is 5.11. The maximum absolute atomic E-state index is 12.5. The smallest absolute Gasteiger partial charge is 0.405 e. The standard InChI is InChI=1S/C17H13F3N2O2S/c18-17(19,20)24-15-6-2-1-5-14(15)16(23)22-10-9-12(21-22)7-8-13-4-3-11-25-13/h1-2,4-10H,3,11H2/b8-7+. The summed E-state index contributed by atoms with van der Waals surface area (Å²) in [5.74, 6) is -0.211. The van der Waals surface area contributed by atoms with Crippen molar-refractivity contribution in [1.29, 1.82) is 0 Å². The molecule has 0 radical (unpaired) electrons. The third-order valence-electron chi connectivity index (χ3n) is 3.31. The van der Waals surface area contributed by atoms with E-state index in [4.69, 9.17) is 0 Å². The highest BCUT2D eigenvalue weighted by Crippen LogP contribution is 2.27. The average molecular weight is 366 g/mol. The SMILES string of the molecule is O=C(c1ccccc1OC(F)(F)F)n1ccc(/C=C/C2=CCCS2)n1. The summed E-state index contributed by atoms with van der Waals surface area (Å²) < 4.78 is 42.3. The molecule has 1 aromatic carbocycles. The minimum Gasteiger partial charge on any atom is -0.405 e. The lowest BCUT2D eigenvalue weighted by Gasteiger charge is -2.12. The topological polar surface area (TPSA) is 44.1 Å². The van der Waals surface area contributed by atoms with Crippen LogP contribution in [0.15, 0.2) is 53.6 Å². The van der Waals surface area contributed by atoms with Gasteiger partial charge >= 0.3 is 6.36 Å². The van der Waals surface area contributed by atoms with Gasteiger partial charge in [0.25, 0.3) is 5.91 Å². The van der Waals surface area contributed by atoms with Gasteiger partial charge in [0, 0.05) is 16.9 Å². The van der Waals surface area contributed by atoms with E-state index in [0.717, 1.165) is 27.8 Å². The molecule has 2 heterocycles. The summed E-state index contributed by atoms with van der Waals surface area (Å²) in [5.41, 5.74) is 0.323. The molecule has 0 saturated carbocycles. The van der Waals surface area contributed by atoms with Gasteiger partial charge in [0.2, 0.25) is 0 Å². The fourth-order valence-electron chi connectivity index (χ4n) is 2.24. The van der Waals surface area contributed by atoms with E-state index in [1.54, 1.807) is 23.9 Å². The lowest BCUT2D eigenvalue weighted by atomic mass is 10.2.